The van der Waals surface area contributed by atoms with Crippen LogP contribution in [0.3, 0.4) is 0 Å². The van der Waals surface area contributed by atoms with Crippen molar-refractivity contribution in [2.24, 2.45) is 0 Å². The summed E-state index contributed by atoms with van der Waals surface area (Å²) in [5, 5.41) is 3.22. The molecule has 0 aliphatic carbocycles. The number of rotatable bonds is 5. The summed E-state index contributed by atoms with van der Waals surface area (Å²) in [6, 6.07) is 11.8. The van der Waals surface area contributed by atoms with Gasteiger partial charge >= 0.3 is 0 Å². The summed E-state index contributed by atoms with van der Waals surface area (Å²) in [7, 11) is 0. The van der Waals surface area contributed by atoms with E-state index in [9.17, 15) is 9.18 Å². The molecule has 0 saturated heterocycles. The fourth-order valence-electron chi connectivity index (χ4n) is 1.89. The predicted octanol–water partition coefficient (Wildman–Crippen LogP) is 5.05. The lowest BCUT2D eigenvalue weighted by Gasteiger charge is -2.14. The Morgan fingerprint density at radius 1 is 1.32 bits per heavy atom. The highest BCUT2D eigenvalue weighted by atomic mass is 35.5. The van der Waals surface area contributed by atoms with E-state index >= 15 is 0 Å². The molecule has 1 N–H and O–H groups in total. The van der Waals surface area contributed by atoms with Gasteiger partial charge in [0, 0.05) is 16.5 Å². The lowest BCUT2D eigenvalue weighted by atomic mass is 10.2. The average molecular weight is 338 g/mol. The molecule has 0 spiro atoms. The summed E-state index contributed by atoms with van der Waals surface area (Å²) in [6.45, 7) is 3.75. The molecule has 116 valence electrons. The van der Waals surface area contributed by atoms with E-state index in [4.69, 9.17) is 11.6 Å². The van der Waals surface area contributed by atoms with Crippen molar-refractivity contribution < 1.29 is 9.18 Å². The Labute approximate surface area is 139 Å². The van der Waals surface area contributed by atoms with Crippen LogP contribution in [-0.4, -0.2) is 11.2 Å². The number of anilines is 1. The normalized spacial score (nSPS) is 12.0. The fraction of sp³-hybridized carbons (Fsp3) is 0.235. The monoisotopic (exact) mass is 337 g/mol. The second-order valence-corrected chi connectivity index (χ2v) is 6.80. The summed E-state index contributed by atoms with van der Waals surface area (Å²) in [6.07, 6.45) is 0. The molecule has 1 unspecified atom stereocenters. The Kier molecular flexibility index (Phi) is 5.86. The van der Waals surface area contributed by atoms with Crippen molar-refractivity contribution >= 4 is 35.0 Å². The maximum Gasteiger partial charge on any atom is 0.237 e. The van der Waals surface area contributed by atoms with Crippen LogP contribution in [0, 0.1) is 12.7 Å². The predicted molar refractivity (Wildman–Crippen MR) is 92.0 cm³/mol. The first-order valence-electron chi connectivity index (χ1n) is 6.89. The Balaban J connectivity index is 1.93. The minimum atomic E-state index is -0.259. The van der Waals surface area contributed by atoms with E-state index in [1.165, 1.54) is 23.9 Å². The quantitative estimate of drug-likeness (QED) is 0.827. The van der Waals surface area contributed by atoms with Gasteiger partial charge in [-0.1, -0.05) is 29.8 Å². The van der Waals surface area contributed by atoms with Crippen LogP contribution in [-0.2, 0) is 10.5 Å². The molecule has 2 rings (SSSR count). The summed E-state index contributed by atoms with van der Waals surface area (Å²) < 4.78 is 13.1. The molecule has 0 aromatic heterocycles. The molecule has 2 nitrogen and oxygen atoms in total. The van der Waals surface area contributed by atoms with Gasteiger partial charge in [0.05, 0.1) is 5.25 Å². The third-order valence-electron chi connectivity index (χ3n) is 3.22. The molecule has 0 aliphatic rings. The van der Waals surface area contributed by atoms with Crippen LogP contribution >= 0.6 is 23.4 Å². The van der Waals surface area contributed by atoms with Gasteiger partial charge in [0.1, 0.15) is 5.82 Å². The number of halogens is 2. The van der Waals surface area contributed by atoms with Crippen LogP contribution < -0.4 is 5.32 Å². The van der Waals surface area contributed by atoms with Gasteiger partial charge in [-0.2, -0.15) is 0 Å². The molecule has 1 atom stereocenters. The molecule has 0 fully saturated rings. The van der Waals surface area contributed by atoms with E-state index in [2.05, 4.69) is 5.32 Å². The molecular weight excluding hydrogens is 321 g/mol. The first kappa shape index (κ1) is 16.8. The molecule has 0 aliphatic heterocycles. The largest absolute Gasteiger partial charge is 0.325 e. The smallest absolute Gasteiger partial charge is 0.237 e. The van der Waals surface area contributed by atoms with Crippen molar-refractivity contribution in [3.8, 4) is 0 Å². The molecule has 0 bridgehead atoms. The molecule has 0 saturated carbocycles. The lowest BCUT2D eigenvalue weighted by molar-refractivity contribution is -0.115. The molecule has 0 radical (unpaired) electrons. The zero-order valence-corrected chi connectivity index (χ0v) is 14.0. The van der Waals surface area contributed by atoms with Crippen molar-refractivity contribution in [2.75, 3.05) is 5.32 Å². The molecular formula is C17H17ClFNOS. The van der Waals surface area contributed by atoms with Gasteiger partial charge in [-0.05, 0) is 49.2 Å². The van der Waals surface area contributed by atoms with Crippen LogP contribution in [0.1, 0.15) is 18.1 Å². The Hall–Kier alpha value is -1.52. The summed E-state index contributed by atoms with van der Waals surface area (Å²) in [4.78, 5) is 12.2. The number of aryl methyl sites for hydroxylation is 1. The Morgan fingerprint density at radius 3 is 2.82 bits per heavy atom. The Morgan fingerprint density at radius 2 is 2.09 bits per heavy atom. The van der Waals surface area contributed by atoms with Gasteiger partial charge in [0.15, 0.2) is 0 Å². The van der Waals surface area contributed by atoms with Crippen LogP contribution in [0.2, 0.25) is 5.02 Å². The number of carbonyl (C=O) groups is 1. The van der Waals surface area contributed by atoms with Crippen molar-refractivity contribution in [3.63, 3.8) is 0 Å². The topological polar surface area (TPSA) is 29.1 Å². The van der Waals surface area contributed by atoms with Crippen LogP contribution in [0.25, 0.3) is 0 Å². The minimum absolute atomic E-state index is 0.0910. The van der Waals surface area contributed by atoms with Gasteiger partial charge in [0.2, 0.25) is 5.91 Å². The SMILES string of the molecule is Cc1ccc(Cl)cc1NC(=O)C(C)SCc1cccc(F)c1. The van der Waals surface area contributed by atoms with Crippen LogP contribution in [0.15, 0.2) is 42.5 Å². The van der Waals surface area contributed by atoms with E-state index in [0.717, 1.165) is 16.8 Å². The molecule has 2 aromatic carbocycles. The van der Waals surface area contributed by atoms with Gasteiger partial charge in [-0.25, -0.2) is 4.39 Å². The summed E-state index contributed by atoms with van der Waals surface area (Å²) in [5.41, 5.74) is 2.54. The number of nitrogens with one attached hydrogen (secondary N) is 1. The first-order valence-corrected chi connectivity index (χ1v) is 8.31. The van der Waals surface area contributed by atoms with Crippen LogP contribution in [0.4, 0.5) is 10.1 Å². The number of thioether (sulfide) groups is 1. The third kappa shape index (κ3) is 4.75. The Bertz CT molecular complexity index is 677. The van der Waals surface area contributed by atoms with E-state index in [0.29, 0.717) is 10.8 Å². The summed E-state index contributed by atoms with van der Waals surface area (Å²) in [5.74, 6) is 0.234. The van der Waals surface area contributed by atoms with Crippen molar-refractivity contribution in [1.82, 2.24) is 0 Å². The highest BCUT2D eigenvalue weighted by Gasteiger charge is 2.15. The highest BCUT2D eigenvalue weighted by molar-refractivity contribution is 7.99. The van der Waals surface area contributed by atoms with Crippen LogP contribution in [0.5, 0.6) is 0 Å². The van der Waals surface area contributed by atoms with E-state index in [-0.39, 0.29) is 17.0 Å². The second kappa shape index (κ2) is 7.65. The molecule has 0 heterocycles. The third-order valence-corrected chi connectivity index (χ3v) is 4.66. The van der Waals surface area contributed by atoms with Gasteiger partial charge in [-0.3, -0.25) is 4.79 Å². The summed E-state index contributed by atoms with van der Waals surface area (Å²) >= 11 is 7.41. The number of hydrogen-bond acceptors (Lipinski definition) is 2. The van der Waals surface area contributed by atoms with Crippen molar-refractivity contribution in [2.45, 2.75) is 24.9 Å². The number of amides is 1. The standard InChI is InChI=1S/C17H17ClFNOS/c1-11-6-7-14(18)9-16(11)20-17(21)12(2)22-10-13-4-3-5-15(19)8-13/h3-9,12H,10H2,1-2H3,(H,20,21). The zero-order chi connectivity index (χ0) is 16.1. The maximum absolute atomic E-state index is 13.1. The lowest BCUT2D eigenvalue weighted by Crippen LogP contribution is -2.23. The molecule has 1 amide bonds. The molecule has 22 heavy (non-hydrogen) atoms. The number of hydrogen-bond donors (Lipinski definition) is 1. The van der Waals surface area contributed by atoms with Gasteiger partial charge in [0.25, 0.3) is 0 Å². The average Bonchev–Trinajstić information content (AvgIpc) is 2.48. The fourth-order valence-corrected chi connectivity index (χ4v) is 2.89. The second-order valence-electron chi connectivity index (χ2n) is 5.03. The van der Waals surface area contributed by atoms with Gasteiger partial charge < -0.3 is 5.32 Å². The van der Waals surface area contributed by atoms with E-state index in [1.54, 1.807) is 18.2 Å². The first-order chi connectivity index (χ1) is 10.5. The van der Waals surface area contributed by atoms with E-state index < -0.39 is 0 Å². The van der Waals surface area contributed by atoms with Crippen molar-refractivity contribution in [3.05, 3.63) is 64.4 Å². The zero-order valence-electron chi connectivity index (χ0n) is 12.4. The molecule has 2 aromatic rings. The minimum Gasteiger partial charge on any atom is -0.325 e. The number of benzene rings is 2. The number of carbonyl (C=O) groups excluding carboxylic acids is 1. The molecule has 5 heteroatoms. The maximum atomic E-state index is 13.1. The highest BCUT2D eigenvalue weighted by Crippen LogP contribution is 2.23. The van der Waals surface area contributed by atoms with Crippen molar-refractivity contribution in [1.29, 1.82) is 0 Å². The van der Waals surface area contributed by atoms with E-state index in [1.807, 2.05) is 26.0 Å². The van der Waals surface area contributed by atoms with Gasteiger partial charge in [-0.15, -0.1) is 11.8 Å².